The number of carboxylic acids is 1. The third-order valence-corrected chi connectivity index (χ3v) is 2.92. The molecule has 0 aliphatic carbocycles. The Kier molecular flexibility index (Phi) is 2.71. The number of nitrogens with one attached hydrogen (secondary N) is 1. The van der Waals surface area contributed by atoms with E-state index in [0.29, 0.717) is 0 Å². The lowest BCUT2D eigenvalue weighted by Crippen LogP contribution is -2.44. The molecule has 2 heterocycles. The molecule has 1 saturated heterocycles. The van der Waals surface area contributed by atoms with E-state index >= 15 is 0 Å². The van der Waals surface area contributed by atoms with Crippen molar-refractivity contribution in [2.24, 2.45) is 11.8 Å². The summed E-state index contributed by atoms with van der Waals surface area (Å²) in [5.74, 6) is -2.57. The Bertz CT molecular complexity index is 350. The molecule has 1 fully saturated rings. The minimum Gasteiger partial charge on any atom is -0.481 e. The molecule has 2 N–H and O–H groups in total. The molecule has 4 atom stereocenters. The standard InChI is InChI=1S/C11H15NO4/c1-5(2)12-10(13)8-6-3-4-7(16-6)9(8)11(14)15/h3-9H,1-2H3,(H,12,13)(H,14,15). The van der Waals surface area contributed by atoms with Gasteiger partial charge in [-0.15, -0.1) is 0 Å². The van der Waals surface area contributed by atoms with Crippen LogP contribution in [-0.4, -0.2) is 35.2 Å². The van der Waals surface area contributed by atoms with Gasteiger partial charge in [-0.05, 0) is 13.8 Å². The zero-order valence-electron chi connectivity index (χ0n) is 9.21. The van der Waals surface area contributed by atoms with Crippen LogP contribution < -0.4 is 5.32 Å². The van der Waals surface area contributed by atoms with Crippen molar-refractivity contribution in [3.63, 3.8) is 0 Å². The Morgan fingerprint density at radius 3 is 2.31 bits per heavy atom. The molecule has 5 nitrogen and oxygen atoms in total. The van der Waals surface area contributed by atoms with Gasteiger partial charge in [-0.1, -0.05) is 12.2 Å². The summed E-state index contributed by atoms with van der Waals surface area (Å²) in [5, 5.41) is 11.8. The van der Waals surface area contributed by atoms with E-state index in [-0.39, 0.29) is 18.1 Å². The number of amides is 1. The summed E-state index contributed by atoms with van der Waals surface area (Å²) < 4.78 is 5.41. The second-order valence-electron chi connectivity index (χ2n) is 4.50. The summed E-state index contributed by atoms with van der Waals surface area (Å²) in [6, 6.07) is 0.00468. The van der Waals surface area contributed by atoms with Crippen LogP contribution in [0.25, 0.3) is 0 Å². The summed E-state index contributed by atoms with van der Waals surface area (Å²) in [7, 11) is 0. The second-order valence-corrected chi connectivity index (χ2v) is 4.50. The predicted octanol–water partition coefficient (Wildman–Crippen LogP) is 0.165. The smallest absolute Gasteiger partial charge is 0.310 e. The van der Waals surface area contributed by atoms with E-state index in [1.807, 2.05) is 13.8 Å². The lowest BCUT2D eigenvalue weighted by atomic mass is 9.82. The van der Waals surface area contributed by atoms with E-state index in [9.17, 15) is 9.59 Å². The van der Waals surface area contributed by atoms with Gasteiger partial charge in [0.15, 0.2) is 0 Å². The van der Waals surface area contributed by atoms with Gasteiger partial charge in [0.05, 0.1) is 18.1 Å². The fraction of sp³-hybridized carbons (Fsp3) is 0.636. The molecular weight excluding hydrogens is 210 g/mol. The molecule has 0 aromatic rings. The minimum atomic E-state index is -0.972. The van der Waals surface area contributed by atoms with Gasteiger partial charge in [0.2, 0.25) is 5.91 Å². The maximum atomic E-state index is 11.9. The van der Waals surface area contributed by atoms with Crippen molar-refractivity contribution in [2.75, 3.05) is 0 Å². The predicted molar refractivity (Wildman–Crippen MR) is 55.7 cm³/mol. The van der Waals surface area contributed by atoms with Gasteiger partial charge in [-0.25, -0.2) is 0 Å². The van der Waals surface area contributed by atoms with Crippen molar-refractivity contribution in [3.8, 4) is 0 Å². The Labute approximate surface area is 93.5 Å². The fourth-order valence-corrected chi connectivity index (χ4v) is 2.30. The van der Waals surface area contributed by atoms with E-state index in [0.717, 1.165) is 0 Å². The summed E-state index contributed by atoms with van der Waals surface area (Å²) in [4.78, 5) is 23.0. The van der Waals surface area contributed by atoms with Crippen LogP contribution in [0.5, 0.6) is 0 Å². The highest BCUT2D eigenvalue weighted by Gasteiger charge is 2.53. The summed E-state index contributed by atoms with van der Waals surface area (Å²) >= 11 is 0. The molecule has 2 aliphatic heterocycles. The molecule has 0 aromatic heterocycles. The van der Waals surface area contributed by atoms with Gasteiger partial charge in [0.1, 0.15) is 5.92 Å². The number of hydrogen-bond acceptors (Lipinski definition) is 3. The van der Waals surface area contributed by atoms with Crippen LogP contribution in [-0.2, 0) is 14.3 Å². The number of hydrogen-bond donors (Lipinski definition) is 2. The van der Waals surface area contributed by atoms with E-state index < -0.39 is 23.9 Å². The van der Waals surface area contributed by atoms with Crippen LogP contribution in [0.4, 0.5) is 0 Å². The molecule has 4 unspecified atom stereocenters. The molecule has 1 amide bonds. The molecular formula is C11H15NO4. The maximum Gasteiger partial charge on any atom is 0.310 e. The normalized spacial score (nSPS) is 35.7. The molecule has 5 heteroatoms. The van der Waals surface area contributed by atoms with E-state index in [4.69, 9.17) is 9.84 Å². The monoisotopic (exact) mass is 225 g/mol. The van der Waals surface area contributed by atoms with Gasteiger partial charge in [-0.2, -0.15) is 0 Å². The number of rotatable bonds is 3. The second kappa shape index (κ2) is 3.90. The van der Waals surface area contributed by atoms with Crippen LogP contribution >= 0.6 is 0 Å². The largest absolute Gasteiger partial charge is 0.481 e. The molecule has 0 spiro atoms. The molecule has 0 radical (unpaired) electrons. The number of carboxylic acid groups (broad SMARTS) is 1. The average Bonchev–Trinajstić information content (AvgIpc) is 2.74. The van der Waals surface area contributed by atoms with E-state index in [1.54, 1.807) is 12.2 Å². The van der Waals surface area contributed by atoms with Crippen molar-refractivity contribution in [2.45, 2.75) is 32.1 Å². The van der Waals surface area contributed by atoms with Crippen LogP contribution in [0, 0.1) is 11.8 Å². The summed E-state index contributed by atoms with van der Waals surface area (Å²) in [6.45, 7) is 3.69. The minimum absolute atomic E-state index is 0.00468. The summed E-state index contributed by atoms with van der Waals surface area (Å²) in [6.07, 6.45) is 2.66. The molecule has 2 aliphatic rings. The first-order valence-corrected chi connectivity index (χ1v) is 5.37. The Morgan fingerprint density at radius 2 is 1.81 bits per heavy atom. The first-order valence-electron chi connectivity index (χ1n) is 5.37. The van der Waals surface area contributed by atoms with Crippen molar-refractivity contribution < 1.29 is 19.4 Å². The van der Waals surface area contributed by atoms with Crippen molar-refractivity contribution in [3.05, 3.63) is 12.2 Å². The van der Waals surface area contributed by atoms with Crippen LogP contribution in [0.15, 0.2) is 12.2 Å². The van der Waals surface area contributed by atoms with Crippen molar-refractivity contribution >= 4 is 11.9 Å². The quantitative estimate of drug-likeness (QED) is 0.671. The third-order valence-electron chi connectivity index (χ3n) is 2.92. The van der Waals surface area contributed by atoms with Gasteiger partial charge in [-0.3, -0.25) is 9.59 Å². The number of aliphatic carboxylic acids is 1. The van der Waals surface area contributed by atoms with Crippen molar-refractivity contribution in [1.29, 1.82) is 0 Å². The number of carbonyl (C=O) groups is 2. The number of fused-ring (bicyclic) bond motifs is 2. The highest BCUT2D eigenvalue weighted by atomic mass is 16.5. The molecule has 16 heavy (non-hydrogen) atoms. The Morgan fingerprint density at radius 1 is 1.25 bits per heavy atom. The highest BCUT2D eigenvalue weighted by Crippen LogP contribution is 2.39. The fourth-order valence-electron chi connectivity index (χ4n) is 2.30. The molecule has 0 aromatic carbocycles. The SMILES string of the molecule is CC(C)NC(=O)C1C2C=CC(O2)C1C(=O)O. The lowest BCUT2D eigenvalue weighted by molar-refractivity contribution is -0.146. The zero-order chi connectivity index (χ0) is 11.9. The van der Waals surface area contributed by atoms with Gasteiger partial charge >= 0.3 is 5.97 Å². The zero-order valence-corrected chi connectivity index (χ0v) is 9.21. The first-order chi connectivity index (χ1) is 7.50. The van der Waals surface area contributed by atoms with Gasteiger partial charge in [0.25, 0.3) is 0 Å². The first kappa shape index (κ1) is 11.1. The lowest BCUT2D eigenvalue weighted by Gasteiger charge is -2.22. The van der Waals surface area contributed by atoms with Crippen LogP contribution in [0.3, 0.4) is 0 Å². The van der Waals surface area contributed by atoms with Crippen LogP contribution in [0.2, 0.25) is 0 Å². The van der Waals surface area contributed by atoms with Crippen LogP contribution in [0.1, 0.15) is 13.8 Å². The summed E-state index contributed by atoms with van der Waals surface area (Å²) in [5.41, 5.74) is 0. The molecule has 2 rings (SSSR count). The number of carbonyl (C=O) groups excluding carboxylic acids is 1. The van der Waals surface area contributed by atoms with E-state index in [1.165, 1.54) is 0 Å². The maximum absolute atomic E-state index is 11.9. The molecule has 2 bridgehead atoms. The van der Waals surface area contributed by atoms with Crippen molar-refractivity contribution in [1.82, 2.24) is 5.32 Å². The topological polar surface area (TPSA) is 75.6 Å². The van der Waals surface area contributed by atoms with Gasteiger partial charge < -0.3 is 15.2 Å². The van der Waals surface area contributed by atoms with E-state index in [2.05, 4.69) is 5.32 Å². The third kappa shape index (κ3) is 1.71. The molecule has 88 valence electrons. The highest BCUT2D eigenvalue weighted by molar-refractivity contribution is 5.87. The van der Waals surface area contributed by atoms with Gasteiger partial charge in [0, 0.05) is 6.04 Å². The average molecular weight is 225 g/mol. The molecule has 0 saturated carbocycles. The Hall–Kier alpha value is -1.36. The Balaban J connectivity index is 2.16. The number of ether oxygens (including phenoxy) is 1.